The van der Waals surface area contributed by atoms with E-state index in [0.29, 0.717) is 28.8 Å². The van der Waals surface area contributed by atoms with Gasteiger partial charge in [0.25, 0.3) is 0 Å². The number of nitrogens with zero attached hydrogens (tertiary/aromatic N) is 2. The summed E-state index contributed by atoms with van der Waals surface area (Å²) in [5.41, 5.74) is 2.93. The molecule has 1 spiro atoms. The summed E-state index contributed by atoms with van der Waals surface area (Å²) < 4.78 is 14.7. The molecule has 4 rings (SSSR count). The largest absolute Gasteiger partial charge is 0.317 e. The van der Waals surface area contributed by atoms with Crippen molar-refractivity contribution >= 4 is 23.2 Å². The van der Waals surface area contributed by atoms with Crippen molar-refractivity contribution < 1.29 is 9.18 Å². The van der Waals surface area contributed by atoms with Gasteiger partial charge in [-0.05, 0) is 74.1 Å². The average Bonchev–Trinajstić information content (AvgIpc) is 2.76. The van der Waals surface area contributed by atoms with E-state index in [1.165, 1.54) is 23.3 Å². The summed E-state index contributed by atoms with van der Waals surface area (Å²) in [5.74, 6) is 0.235. The number of carbonyl (C=O) groups is 1. The summed E-state index contributed by atoms with van der Waals surface area (Å²) in [5, 5.41) is 0.453. The third-order valence-electron chi connectivity index (χ3n) is 7.46. The summed E-state index contributed by atoms with van der Waals surface area (Å²) in [6.45, 7) is 9.55. The van der Waals surface area contributed by atoms with Gasteiger partial charge in [-0.15, -0.1) is 0 Å². The van der Waals surface area contributed by atoms with Gasteiger partial charge in [-0.25, -0.2) is 4.39 Å². The lowest BCUT2D eigenvalue weighted by atomic mass is 9.69. The summed E-state index contributed by atoms with van der Waals surface area (Å²) >= 11 is 6.16. The van der Waals surface area contributed by atoms with Crippen LogP contribution in [0.25, 0.3) is 0 Å². The minimum absolute atomic E-state index is 0.0284. The Morgan fingerprint density at radius 2 is 1.79 bits per heavy atom. The lowest BCUT2D eigenvalue weighted by Gasteiger charge is -2.50. The van der Waals surface area contributed by atoms with Gasteiger partial charge in [0, 0.05) is 17.1 Å². The number of carbonyl (C=O) groups excluding carboxylic acids is 1. The van der Waals surface area contributed by atoms with E-state index in [-0.39, 0.29) is 23.6 Å². The van der Waals surface area contributed by atoms with Gasteiger partial charge in [-0.2, -0.15) is 0 Å². The molecule has 1 heterocycles. The molecule has 0 atom stereocenters. The number of aryl methyl sites for hydroxylation is 1. The molecule has 0 radical (unpaired) electrons. The molecular formula is C28H34ClFN2O. The van der Waals surface area contributed by atoms with Crippen LogP contribution in [0.2, 0.25) is 5.02 Å². The average molecular weight is 469 g/mol. The molecule has 1 saturated carbocycles. The molecule has 2 aromatic carbocycles. The first-order valence-electron chi connectivity index (χ1n) is 12.0. The fraction of sp³-hybridized carbons (Fsp3) is 0.500. The van der Waals surface area contributed by atoms with Crippen molar-refractivity contribution in [3.8, 4) is 0 Å². The normalized spacial score (nSPS) is 23.7. The summed E-state index contributed by atoms with van der Waals surface area (Å²) in [7, 11) is 0. The molecule has 2 aromatic rings. The van der Waals surface area contributed by atoms with Gasteiger partial charge < -0.3 is 4.90 Å². The standard InChI is InChI=1S/C28H34ClFN2O/c1-19-5-7-20(8-6-19)13-16-32-26(33)18-25(23-17-22(29)9-10-24(23)30)31-28(32)14-11-21(12-15-28)27(2,3)4/h5-10,17,21H,11-16,18H2,1-4H3. The molecule has 1 amide bonds. The molecule has 33 heavy (non-hydrogen) atoms. The summed E-state index contributed by atoms with van der Waals surface area (Å²) in [6, 6.07) is 13.0. The minimum Gasteiger partial charge on any atom is -0.317 e. The smallest absolute Gasteiger partial charge is 0.230 e. The molecule has 0 saturated heterocycles. The number of amides is 1. The number of hydrogen-bond donors (Lipinski definition) is 0. The Morgan fingerprint density at radius 1 is 1.12 bits per heavy atom. The second kappa shape index (κ2) is 9.21. The van der Waals surface area contributed by atoms with Gasteiger partial charge in [-0.3, -0.25) is 9.79 Å². The van der Waals surface area contributed by atoms with E-state index in [1.807, 2.05) is 4.90 Å². The molecule has 5 heteroatoms. The highest BCUT2D eigenvalue weighted by atomic mass is 35.5. The van der Waals surface area contributed by atoms with Gasteiger partial charge >= 0.3 is 0 Å². The van der Waals surface area contributed by atoms with Crippen LogP contribution in [0.15, 0.2) is 47.5 Å². The second-order valence-corrected chi connectivity index (χ2v) is 11.2. The van der Waals surface area contributed by atoms with E-state index < -0.39 is 5.66 Å². The van der Waals surface area contributed by atoms with Gasteiger partial charge in [0.1, 0.15) is 11.5 Å². The van der Waals surface area contributed by atoms with Crippen LogP contribution in [-0.2, 0) is 11.2 Å². The predicted octanol–water partition coefficient (Wildman–Crippen LogP) is 6.98. The van der Waals surface area contributed by atoms with Crippen LogP contribution in [0.5, 0.6) is 0 Å². The topological polar surface area (TPSA) is 32.7 Å². The first kappa shape index (κ1) is 23.9. The Hall–Kier alpha value is -2.20. The van der Waals surface area contributed by atoms with Crippen LogP contribution in [-0.4, -0.2) is 28.7 Å². The van der Waals surface area contributed by atoms with Crippen LogP contribution in [0.4, 0.5) is 4.39 Å². The van der Waals surface area contributed by atoms with Crippen molar-refractivity contribution in [3.05, 3.63) is 70.0 Å². The number of rotatable bonds is 4. The van der Waals surface area contributed by atoms with Crippen molar-refractivity contribution in [2.75, 3.05) is 6.54 Å². The third-order valence-corrected chi connectivity index (χ3v) is 7.70. The molecule has 1 fully saturated rings. The van der Waals surface area contributed by atoms with Gasteiger partial charge in [0.15, 0.2) is 0 Å². The highest BCUT2D eigenvalue weighted by molar-refractivity contribution is 6.31. The van der Waals surface area contributed by atoms with Crippen LogP contribution < -0.4 is 0 Å². The Kier molecular flexibility index (Phi) is 6.68. The third kappa shape index (κ3) is 5.16. The Bertz CT molecular complexity index is 1050. The zero-order chi connectivity index (χ0) is 23.8. The van der Waals surface area contributed by atoms with E-state index in [9.17, 15) is 9.18 Å². The molecule has 1 aliphatic heterocycles. The van der Waals surface area contributed by atoms with Crippen molar-refractivity contribution in [1.29, 1.82) is 0 Å². The number of hydrogen-bond acceptors (Lipinski definition) is 2. The highest BCUT2D eigenvalue weighted by Gasteiger charge is 2.47. The van der Waals surface area contributed by atoms with Crippen molar-refractivity contribution in [2.45, 2.75) is 71.9 Å². The van der Waals surface area contributed by atoms with E-state index in [1.54, 1.807) is 6.07 Å². The van der Waals surface area contributed by atoms with Gasteiger partial charge in [0.2, 0.25) is 5.91 Å². The maximum absolute atomic E-state index is 14.7. The highest BCUT2D eigenvalue weighted by Crippen LogP contribution is 2.46. The molecule has 0 N–H and O–H groups in total. The molecule has 1 aliphatic carbocycles. The van der Waals surface area contributed by atoms with Crippen molar-refractivity contribution in [1.82, 2.24) is 4.90 Å². The molecule has 176 valence electrons. The van der Waals surface area contributed by atoms with Crippen LogP contribution in [0, 0.1) is 24.1 Å². The van der Waals surface area contributed by atoms with Gasteiger partial charge in [-0.1, -0.05) is 62.2 Å². The van der Waals surface area contributed by atoms with E-state index in [0.717, 1.165) is 32.1 Å². The van der Waals surface area contributed by atoms with Crippen LogP contribution >= 0.6 is 11.6 Å². The zero-order valence-electron chi connectivity index (χ0n) is 20.1. The lowest BCUT2D eigenvalue weighted by molar-refractivity contribution is -0.139. The fourth-order valence-corrected chi connectivity index (χ4v) is 5.52. The second-order valence-electron chi connectivity index (χ2n) is 10.8. The predicted molar refractivity (Wildman–Crippen MR) is 133 cm³/mol. The number of aliphatic imine (C=N–C) groups is 1. The number of benzene rings is 2. The van der Waals surface area contributed by atoms with Crippen molar-refractivity contribution in [2.24, 2.45) is 16.3 Å². The first-order chi connectivity index (χ1) is 15.6. The lowest BCUT2D eigenvalue weighted by Crippen LogP contribution is -2.57. The molecule has 0 bridgehead atoms. The van der Waals surface area contributed by atoms with E-state index in [4.69, 9.17) is 16.6 Å². The minimum atomic E-state index is -0.605. The number of halogens is 2. The Labute approximate surface area is 202 Å². The zero-order valence-corrected chi connectivity index (χ0v) is 20.9. The summed E-state index contributed by atoms with van der Waals surface area (Å²) in [6.07, 6.45) is 4.52. The molecular weight excluding hydrogens is 435 g/mol. The molecule has 0 unspecified atom stereocenters. The molecule has 2 aliphatic rings. The Morgan fingerprint density at radius 3 is 2.42 bits per heavy atom. The van der Waals surface area contributed by atoms with E-state index in [2.05, 4.69) is 52.0 Å². The fourth-order valence-electron chi connectivity index (χ4n) is 5.35. The molecule has 3 nitrogen and oxygen atoms in total. The maximum Gasteiger partial charge on any atom is 0.230 e. The monoisotopic (exact) mass is 468 g/mol. The Balaban J connectivity index is 1.67. The van der Waals surface area contributed by atoms with Crippen LogP contribution in [0.3, 0.4) is 0 Å². The SMILES string of the molecule is Cc1ccc(CCN2C(=O)CC(c3cc(Cl)ccc3F)=NC23CCC(C(C)(C)C)CC3)cc1. The van der Waals surface area contributed by atoms with Gasteiger partial charge in [0.05, 0.1) is 12.1 Å². The molecule has 0 aromatic heterocycles. The quantitative estimate of drug-likeness (QED) is 0.476. The van der Waals surface area contributed by atoms with Crippen molar-refractivity contribution in [3.63, 3.8) is 0 Å². The van der Waals surface area contributed by atoms with Crippen LogP contribution in [0.1, 0.15) is 69.6 Å². The van der Waals surface area contributed by atoms with E-state index >= 15 is 0 Å². The maximum atomic E-state index is 14.7. The first-order valence-corrected chi connectivity index (χ1v) is 12.4. The summed E-state index contributed by atoms with van der Waals surface area (Å²) in [4.78, 5) is 20.6.